The van der Waals surface area contributed by atoms with Crippen LogP contribution in [0.2, 0.25) is 0 Å². The summed E-state index contributed by atoms with van der Waals surface area (Å²) in [4.78, 5) is 49.7. The fourth-order valence-corrected chi connectivity index (χ4v) is 5.87. The number of para-hydroxylation sites is 2. The number of benzene rings is 3. The maximum atomic E-state index is 14.8. The summed E-state index contributed by atoms with van der Waals surface area (Å²) >= 11 is 0. The minimum Gasteiger partial charge on any atom is -0.414 e. The molecule has 0 aliphatic rings. The molecule has 0 aromatic heterocycles. The van der Waals surface area contributed by atoms with E-state index in [4.69, 9.17) is 14.8 Å². The summed E-state index contributed by atoms with van der Waals surface area (Å²) in [5.41, 5.74) is 5.90. The van der Waals surface area contributed by atoms with E-state index in [2.05, 4.69) is 16.0 Å². The van der Waals surface area contributed by atoms with Crippen LogP contribution in [-0.4, -0.2) is 35.7 Å². The Morgan fingerprint density at radius 1 is 0.714 bits per heavy atom. The lowest BCUT2D eigenvalue weighted by Gasteiger charge is -2.31. The third-order valence-electron chi connectivity index (χ3n) is 6.12. The molecule has 3 atom stereocenters. The van der Waals surface area contributed by atoms with Crippen molar-refractivity contribution in [3.05, 3.63) is 96.1 Å². The number of carbonyl (C=O) groups is 4. The Morgan fingerprint density at radius 3 is 1.64 bits per heavy atom. The van der Waals surface area contributed by atoms with Crippen molar-refractivity contribution in [2.75, 3.05) is 0 Å². The lowest BCUT2D eigenvalue weighted by Crippen LogP contribution is -2.55. The molecule has 0 radical (unpaired) electrons. The van der Waals surface area contributed by atoms with Crippen LogP contribution in [0.1, 0.15) is 49.4 Å². The monoisotopic (exact) mass is 594 g/mol. The number of carbonyl (C=O) groups excluding carboxylic acids is 4. The van der Waals surface area contributed by atoms with Crippen LogP contribution < -0.4 is 30.7 Å². The number of rotatable bonds is 13. The Balaban J connectivity index is 2.06. The van der Waals surface area contributed by atoms with Crippen LogP contribution >= 0.6 is 7.60 Å². The normalized spacial score (nSPS) is 13.3. The molecule has 0 bridgehead atoms. The van der Waals surface area contributed by atoms with Gasteiger partial charge in [0.25, 0.3) is 0 Å². The molecule has 222 valence electrons. The van der Waals surface area contributed by atoms with E-state index in [9.17, 15) is 23.7 Å². The molecule has 3 rings (SSSR count). The van der Waals surface area contributed by atoms with Crippen molar-refractivity contribution in [3.63, 3.8) is 0 Å². The van der Waals surface area contributed by atoms with Gasteiger partial charge in [0, 0.05) is 12.5 Å². The number of hydrogen-bond donors (Lipinski definition) is 4. The first kappa shape index (κ1) is 31.9. The van der Waals surface area contributed by atoms with E-state index in [0.717, 1.165) is 0 Å². The molecule has 1 unspecified atom stereocenters. The van der Waals surface area contributed by atoms with E-state index in [1.807, 2.05) is 0 Å². The molecule has 3 aromatic carbocycles. The molecule has 0 saturated heterocycles. The highest BCUT2D eigenvalue weighted by Gasteiger charge is 2.43. The van der Waals surface area contributed by atoms with Gasteiger partial charge in [-0.1, -0.05) is 62.4 Å². The predicted octanol–water partition coefficient (Wildman–Crippen LogP) is 3.92. The Morgan fingerprint density at radius 2 is 1.21 bits per heavy atom. The van der Waals surface area contributed by atoms with E-state index in [1.165, 1.54) is 38.1 Å². The minimum atomic E-state index is -4.35. The lowest BCUT2D eigenvalue weighted by molar-refractivity contribution is -0.132. The molecule has 4 amide bonds. The molecule has 12 heteroatoms. The summed E-state index contributed by atoms with van der Waals surface area (Å²) in [6.07, 6.45) is 0. The number of nitrogens with two attached hydrogens (primary N) is 1. The maximum Gasteiger partial charge on any atom is 0.457 e. The van der Waals surface area contributed by atoms with Gasteiger partial charge < -0.3 is 30.7 Å². The fraction of sp³-hybridized carbons (Fsp3) is 0.267. The first-order chi connectivity index (χ1) is 19.9. The molecular weight excluding hydrogens is 559 g/mol. The van der Waals surface area contributed by atoms with Crippen LogP contribution in [0, 0.1) is 5.92 Å². The fourth-order valence-electron chi connectivity index (χ4n) is 3.96. The second kappa shape index (κ2) is 14.3. The second-order valence-corrected chi connectivity index (χ2v) is 11.9. The zero-order valence-corrected chi connectivity index (χ0v) is 24.7. The predicted molar refractivity (Wildman–Crippen MR) is 158 cm³/mol. The van der Waals surface area contributed by atoms with Crippen molar-refractivity contribution >= 4 is 31.2 Å². The van der Waals surface area contributed by atoms with Crippen LogP contribution in [0.15, 0.2) is 84.9 Å². The van der Waals surface area contributed by atoms with Crippen LogP contribution in [0.3, 0.4) is 0 Å². The molecule has 11 nitrogen and oxygen atoms in total. The van der Waals surface area contributed by atoms with Crippen molar-refractivity contribution in [1.29, 1.82) is 0 Å². The molecule has 0 heterocycles. The maximum absolute atomic E-state index is 14.8. The largest absolute Gasteiger partial charge is 0.457 e. The molecule has 0 spiro atoms. The SMILES string of the molecule is CC(=O)N[C@H](C)C(=O)N[C@@H](C(=O)NC(c1ccc(C(N)=O)cc1)P(=O)(Oc1ccccc1)Oc1ccccc1)C(C)C. The molecule has 3 aromatic rings. The molecule has 0 aliphatic carbocycles. The van der Waals surface area contributed by atoms with E-state index in [1.54, 1.807) is 74.5 Å². The summed E-state index contributed by atoms with van der Waals surface area (Å²) in [6, 6.07) is 20.5. The summed E-state index contributed by atoms with van der Waals surface area (Å²) < 4.78 is 26.8. The number of nitrogens with one attached hydrogen (secondary N) is 3. The van der Waals surface area contributed by atoms with Crippen LogP contribution in [0.25, 0.3) is 0 Å². The Hall–Kier alpha value is -4.63. The van der Waals surface area contributed by atoms with Crippen molar-refractivity contribution in [2.45, 2.75) is 45.6 Å². The summed E-state index contributed by atoms with van der Waals surface area (Å²) in [6.45, 7) is 6.22. The summed E-state index contributed by atoms with van der Waals surface area (Å²) in [5, 5.41) is 7.89. The highest BCUT2D eigenvalue weighted by atomic mass is 31.2. The standard InChI is InChI=1S/C30H35N4O7P/c1-19(2)26(33-28(37)20(3)32-21(4)35)29(38)34-30(23-17-15-22(16-18-23)27(31)36)42(39,40-24-11-7-5-8-12-24)41-25-13-9-6-10-14-25/h5-20,26,30H,1-4H3,(H2,31,36)(H,32,35)(H,33,37)(H,34,38)/t20-,26-,30?/m1/s1. The third-order valence-corrected chi connectivity index (χ3v) is 8.11. The first-order valence-corrected chi connectivity index (χ1v) is 14.9. The summed E-state index contributed by atoms with van der Waals surface area (Å²) in [5.74, 6) is -3.66. The van der Waals surface area contributed by atoms with Gasteiger partial charge in [-0.25, -0.2) is 4.57 Å². The quantitative estimate of drug-likeness (QED) is 0.218. The van der Waals surface area contributed by atoms with Gasteiger partial charge in [0.2, 0.25) is 23.6 Å². The number of hydrogen-bond acceptors (Lipinski definition) is 7. The molecule has 0 fully saturated rings. The van der Waals surface area contributed by atoms with Crippen molar-refractivity contribution in [2.24, 2.45) is 11.7 Å². The molecule has 5 N–H and O–H groups in total. The van der Waals surface area contributed by atoms with Crippen molar-refractivity contribution < 1.29 is 32.8 Å². The average Bonchev–Trinajstić information content (AvgIpc) is 2.94. The molecule has 0 aliphatic heterocycles. The van der Waals surface area contributed by atoms with Crippen LogP contribution in [-0.2, 0) is 18.9 Å². The Bertz CT molecular complexity index is 1390. The zero-order valence-electron chi connectivity index (χ0n) is 23.8. The number of primary amides is 1. The van der Waals surface area contributed by atoms with Gasteiger partial charge in [-0.15, -0.1) is 0 Å². The minimum absolute atomic E-state index is 0.200. The van der Waals surface area contributed by atoms with Crippen LogP contribution in [0.4, 0.5) is 0 Å². The first-order valence-electron chi connectivity index (χ1n) is 13.3. The number of amides is 4. The lowest BCUT2D eigenvalue weighted by atomic mass is 10.0. The van der Waals surface area contributed by atoms with Gasteiger partial charge in [-0.05, 0) is 54.8 Å². The molecule has 42 heavy (non-hydrogen) atoms. The topological polar surface area (TPSA) is 166 Å². The van der Waals surface area contributed by atoms with Gasteiger partial charge in [0.1, 0.15) is 23.6 Å². The van der Waals surface area contributed by atoms with E-state index in [0.29, 0.717) is 5.56 Å². The zero-order chi connectivity index (χ0) is 30.9. The van der Waals surface area contributed by atoms with Crippen molar-refractivity contribution in [1.82, 2.24) is 16.0 Å². The van der Waals surface area contributed by atoms with Gasteiger partial charge in [0.05, 0.1) is 0 Å². The smallest absolute Gasteiger partial charge is 0.414 e. The summed E-state index contributed by atoms with van der Waals surface area (Å²) in [7, 11) is -4.35. The molecule has 0 saturated carbocycles. The highest BCUT2D eigenvalue weighted by molar-refractivity contribution is 7.55. The molecular formula is C30H35N4O7P. The van der Waals surface area contributed by atoms with E-state index >= 15 is 0 Å². The van der Waals surface area contributed by atoms with Gasteiger partial charge in [0.15, 0.2) is 5.78 Å². The van der Waals surface area contributed by atoms with Gasteiger partial charge in [-0.2, -0.15) is 0 Å². The Kier molecular flexibility index (Phi) is 10.9. The van der Waals surface area contributed by atoms with Gasteiger partial charge in [-0.3, -0.25) is 19.2 Å². The van der Waals surface area contributed by atoms with Crippen LogP contribution in [0.5, 0.6) is 11.5 Å². The van der Waals surface area contributed by atoms with Gasteiger partial charge >= 0.3 is 7.60 Å². The third kappa shape index (κ3) is 8.68. The highest BCUT2D eigenvalue weighted by Crippen LogP contribution is 2.59. The van der Waals surface area contributed by atoms with E-state index < -0.39 is 55.0 Å². The van der Waals surface area contributed by atoms with E-state index in [-0.39, 0.29) is 17.1 Å². The van der Waals surface area contributed by atoms with Crippen molar-refractivity contribution in [3.8, 4) is 11.5 Å². The Labute approximate surface area is 244 Å². The second-order valence-electron chi connectivity index (χ2n) is 9.90. The average molecular weight is 595 g/mol.